The topological polar surface area (TPSA) is 150 Å². The molecule has 0 aliphatic carbocycles. The number of primary sulfonamides is 1. The largest absolute Gasteiger partial charge is 0.385 e. The number of hydrogen-bond acceptors (Lipinski definition) is 9. The third kappa shape index (κ3) is 5.17. The maximum absolute atomic E-state index is 13.0. The van der Waals surface area contributed by atoms with Crippen LogP contribution in [0.15, 0.2) is 43.6 Å². The Labute approximate surface area is 185 Å². The zero-order valence-corrected chi connectivity index (χ0v) is 20.0. The third-order valence-corrected chi connectivity index (χ3v) is 10.9. The van der Waals surface area contributed by atoms with Gasteiger partial charge in [0.2, 0.25) is 10.0 Å². The summed E-state index contributed by atoms with van der Waals surface area (Å²) in [4.78, 5) is -0.0964. The highest BCUT2D eigenvalue weighted by Gasteiger charge is 2.42. The maximum atomic E-state index is 13.0. The van der Waals surface area contributed by atoms with E-state index >= 15 is 0 Å². The number of nitrogens with zero attached hydrogens (tertiary/aromatic N) is 1. The number of fused-ring (bicyclic) bond motifs is 1. The van der Waals surface area contributed by atoms with Gasteiger partial charge in [-0.05, 0) is 31.5 Å². The summed E-state index contributed by atoms with van der Waals surface area (Å²) < 4.78 is 86.0. The molecule has 2 N–H and O–H groups in total. The second kappa shape index (κ2) is 8.86. The average Bonchev–Trinajstić information content (AvgIpc) is 3.13. The van der Waals surface area contributed by atoms with Crippen LogP contribution in [0.3, 0.4) is 0 Å². The average molecular weight is 511 g/mol. The Hall–Kier alpha value is -1.39. The fourth-order valence-corrected chi connectivity index (χ4v) is 8.35. The SMILES string of the molecule is COCCCN1CC(OS(=O)(=O)c2ccc(C)cc2)c2cc(S(N)(=O)=O)sc2S1(=O)=O. The zero-order chi connectivity index (χ0) is 23.0. The van der Waals surface area contributed by atoms with Crippen LogP contribution in [0.5, 0.6) is 0 Å². The van der Waals surface area contributed by atoms with E-state index in [1.807, 2.05) is 0 Å². The van der Waals surface area contributed by atoms with Crippen LogP contribution in [0.25, 0.3) is 0 Å². The van der Waals surface area contributed by atoms with Crippen LogP contribution >= 0.6 is 11.3 Å². The van der Waals surface area contributed by atoms with Crippen molar-refractivity contribution in [3.63, 3.8) is 0 Å². The second-order valence-electron chi connectivity index (χ2n) is 6.91. The van der Waals surface area contributed by atoms with E-state index in [9.17, 15) is 25.3 Å². The van der Waals surface area contributed by atoms with E-state index in [1.54, 1.807) is 19.1 Å². The summed E-state index contributed by atoms with van der Waals surface area (Å²) in [7, 11) is -11.0. The summed E-state index contributed by atoms with van der Waals surface area (Å²) in [5.41, 5.74) is 0.803. The number of ether oxygens (including phenoxy) is 1. The summed E-state index contributed by atoms with van der Waals surface area (Å²) in [6, 6.07) is 7.03. The van der Waals surface area contributed by atoms with Crippen molar-refractivity contribution >= 4 is 41.5 Å². The van der Waals surface area contributed by atoms with Gasteiger partial charge in [-0.3, -0.25) is 4.18 Å². The molecular weight excluding hydrogens is 488 g/mol. The molecule has 2 aromatic rings. The van der Waals surface area contributed by atoms with Crippen LogP contribution < -0.4 is 5.14 Å². The quantitative estimate of drug-likeness (QED) is 0.411. The van der Waals surface area contributed by atoms with Gasteiger partial charge in [-0.2, -0.15) is 12.7 Å². The third-order valence-electron chi connectivity index (χ3n) is 4.58. The molecule has 1 aliphatic rings. The van der Waals surface area contributed by atoms with Crippen molar-refractivity contribution in [2.75, 3.05) is 26.8 Å². The Balaban J connectivity index is 2.04. The van der Waals surface area contributed by atoms with Gasteiger partial charge in [-0.25, -0.2) is 22.0 Å². The van der Waals surface area contributed by atoms with Gasteiger partial charge in [0.15, 0.2) is 0 Å². The smallest absolute Gasteiger partial charge is 0.297 e. The molecule has 1 unspecified atom stereocenters. The number of nitrogens with two attached hydrogens (primary N) is 1. The van der Waals surface area contributed by atoms with E-state index in [-0.39, 0.29) is 32.0 Å². The fraction of sp³-hybridized carbons (Fsp3) is 0.412. The number of benzene rings is 1. The van der Waals surface area contributed by atoms with Crippen molar-refractivity contribution in [1.29, 1.82) is 0 Å². The number of rotatable bonds is 8. The highest BCUT2D eigenvalue weighted by Crippen LogP contribution is 2.42. The van der Waals surface area contributed by atoms with Gasteiger partial charge in [0, 0.05) is 32.4 Å². The second-order valence-corrected chi connectivity index (χ2v) is 13.5. The zero-order valence-electron chi connectivity index (χ0n) is 16.7. The molecule has 0 saturated carbocycles. The Morgan fingerprint density at radius 3 is 2.42 bits per heavy atom. The molecular formula is C17H22N2O8S4. The molecule has 31 heavy (non-hydrogen) atoms. The first-order valence-electron chi connectivity index (χ1n) is 9.02. The van der Waals surface area contributed by atoms with Gasteiger partial charge < -0.3 is 4.74 Å². The van der Waals surface area contributed by atoms with Crippen molar-refractivity contribution in [3.05, 3.63) is 41.5 Å². The number of hydrogen-bond donors (Lipinski definition) is 1. The molecule has 0 bridgehead atoms. The van der Waals surface area contributed by atoms with Crippen molar-refractivity contribution < 1.29 is 34.2 Å². The molecule has 3 rings (SSSR count). The van der Waals surface area contributed by atoms with Crippen molar-refractivity contribution in [3.8, 4) is 0 Å². The molecule has 1 aromatic carbocycles. The Morgan fingerprint density at radius 1 is 1.19 bits per heavy atom. The lowest BCUT2D eigenvalue weighted by molar-refractivity contribution is 0.154. The number of thiophene rings is 1. The van der Waals surface area contributed by atoms with Crippen molar-refractivity contribution in [1.82, 2.24) is 4.31 Å². The predicted octanol–water partition coefficient (Wildman–Crippen LogP) is 1.19. The molecule has 10 nitrogen and oxygen atoms in total. The van der Waals surface area contributed by atoms with E-state index in [4.69, 9.17) is 14.1 Å². The summed E-state index contributed by atoms with van der Waals surface area (Å²) in [5.74, 6) is 0. The first kappa shape index (κ1) is 24.3. The van der Waals surface area contributed by atoms with Crippen LogP contribution in [-0.2, 0) is 39.1 Å². The van der Waals surface area contributed by atoms with E-state index in [2.05, 4.69) is 0 Å². The van der Waals surface area contributed by atoms with E-state index in [0.29, 0.717) is 24.4 Å². The molecule has 0 amide bonds. The normalized spacial score (nSPS) is 19.3. The standard InChI is InChI=1S/C17H22N2O8S4/c1-12-4-6-13(7-5-12)31(24,25)27-15-11-19(8-3-9-26-2)30(22,23)17-14(15)10-16(28-17)29(18,20)21/h4-7,10,15H,3,8-9,11H2,1-2H3,(H2,18,20,21). The van der Waals surface area contributed by atoms with Crippen LogP contribution in [-0.4, -0.2) is 56.4 Å². The minimum atomic E-state index is -4.25. The maximum Gasteiger partial charge on any atom is 0.297 e. The van der Waals surface area contributed by atoms with Crippen LogP contribution in [0, 0.1) is 6.92 Å². The van der Waals surface area contributed by atoms with E-state index < -0.39 is 36.3 Å². The van der Waals surface area contributed by atoms with Crippen molar-refractivity contribution in [2.45, 2.75) is 32.8 Å². The number of methoxy groups -OCH3 is 1. The number of sulfonamides is 2. The molecule has 1 aliphatic heterocycles. The summed E-state index contributed by atoms with van der Waals surface area (Å²) >= 11 is 0.471. The van der Waals surface area contributed by atoms with Crippen molar-refractivity contribution in [2.24, 2.45) is 5.14 Å². The molecule has 14 heteroatoms. The Morgan fingerprint density at radius 2 is 1.84 bits per heavy atom. The molecule has 2 heterocycles. The van der Waals surface area contributed by atoms with E-state index in [0.717, 1.165) is 15.9 Å². The molecule has 0 radical (unpaired) electrons. The van der Waals surface area contributed by atoms with Gasteiger partial charge in [0.25, 0.3) is 20.1 Å². The summed E-state index contributed by atoms with van der Waals surface area (Å²) in [6.45, 7) is 1.83. The lowest BCUT2D eigenvalue weighted by Gasteiger charge is -2.31. The molecule has 0 fully saturated rings. The predicted molar refractivity (Wildman–Crippen MR) is 113 cm³/mol. The molecule has 1 aromatic heterocycles. The fourth-order valence-electron chi connectivity index (χ4n) is 3.02. The van der Waals surface area contributed by atoms with Crippen LogP contribution in [0.1, 0.15) is 23.7 Å². The van der Waals surface area contributed by atoms with Crippen LogP contribution in [0.4, 0.5) is 0 Å². The molecule has 0 saturated heterocycles. The highest BCUT2D eigenvalue weighted by atomic mass is 32.3. The first-order valence-corrected chi connectivity index (χ1v) is 14.2. The lowest BCUT2D eigenvalue weighted by Crippen LogP contribution is -2.41. The molecule has 172 valence electrons. The van der Waals surface area contributed by atoms with Gasteiger partial charge >= 0.3 is 0 Å². The Kier molecular flexibility index (Phi) is 6.93. The molecule has 1 atom stereocenters. The lowest BCUT2D eigenvalue weighted by atomic mass is 10.2. The monoisotopic (exact) mass is 510 g/mol. The summed E-state index contributed by atoms with van der Waals surface area (Å²) in [5, 5.41) is 5.17. The number of aryl methyl sites for hydroxylation is 1. The van der Waals surface area contributed by atoms with E-state index in [1.165, 1.54) is 19.2 Å². The Bertz CT molecular complexity index is 1270. The minimum Gasteiger partial charge on any atom is -0.385 e. The van der Waals surface area contributed by atoms with Crippen LogP contribution in [0.2, 0.25) is 0 Å². The van der Waals surface area contributed by atoms with Gasteiger partial charge in [0.05, 0.1) is 4.90 Å². The highest BCUT2D eigenvalue weighted by molar-refractivity contribution is 7.94. The summed E-state index contributed by atoms with van der Waals surface area (Å²) in [6.07, 6.45) is -0.880. The first-order chi connectivity index (χ1) is 14.4. The van der Waals surface area contributed by atoms with Gasteiger partial charge in [-0.1, -0.05) is 17.7 Å². The van der Waals surface area contributed by atoms with Gasteiger partial charge in [-0.15, -0.1) is 11.3 Å². The van der Waals surface area contributed by atoms with Gasteiger partial charge in [0.1, 0.15) is 14.5 Å². The molecule has 0 spiro atoms. The minimum absolute atomic E-state index is 0.0443.